The van der Waals surface area contributed by atoms with Crippen molar-refractivity contribution in [2.75, 3.05) is 22.4 Å². The lowest BCUT2D eigenvalue weighted by Crippen LogP contribution is -2.15. The van der Waals surface area contributed by atoms with Crippen LogP contribution in [0.15, 0.2) is 36.5 Å². The number of sulfonamides is 1. The van der Waals surface area contributed by atoms with Crippen molar-refractivity contribution in [2.24, 2.45) is 0 Å². The number of nitrogens with one attached hydrogen (secondary N) is 2. The molecule has 12 nitrogen and oxygen atoms in total. The number of nitrogens with zero attached hydrogens (tertiary/aromatic N) is 5. The number of benzene rings is 1. The summed E-state index contributed by atoms with van der Waals surface area (Å²) >= 11 is 0. The number of aromatic nitrogens is 5. The Morgan fingerprint density at radius 1 is 1.14 bits per heavy atom. The van der Waals surface area contributed by atoms with Crippen molar-refractivity contribution >= 4 is 33.1 Å². The monoisotopic (exact) mass is 533 g/mol. The standard InChI is InChI=1S/C22H21F2N7O5S/c1-4-35-22(32)26-18-10-17(29-31-12(3)27-28-20(18)31)15-9-14(30-37(33,34)5-2)11-25-21(15)36-19-7-6-13(23)8-16(19)24/h6-11,30H,4-5H2,1-3H3,(H,26,32). The predicted molar refractivity (Wildman–Crippen MR) is 129 cm³/mol. The van der Waals surface area contributed by atoms with Crippen LogP contribution >= 0.6 is 0 Å². The molecule has 0 saturated heterocycles. The first kappa shape index (κ1) is 25.7. The largest absolute Gasteiger partial charge is 0.450 e. The highest BCUT2D eigenvalue weighted by Gasteiger charge is 2.20. The Kier molecular flexibility index (Phi) is 7.15. The van der Waals surface area contributed by atoms with Crippen LogP contribution in [0.2, 0.25) is 0 Å². The maximum absolute atomic E-state index is 14.3. The molecule has 37 heavy (non-hydrogen) atoms. The number of carbonyl (C=O) groups is 1. The van der Waals surface area contributed by atoms with Crippen LogP contribution in [0, 0.1) is 18.6 Å². The van der Waals surface area contributed by atoms with Gasteiger partial charge in [0.1, 0.15) is 5.82 Å². The van der Waals surface area contributed by atoms with E-state index in [2.05, 4.69) is 30.3 Å². The van der Waals surface area contributed by atoms with Crippen molar-refractivity contribution < 1.29 is 31.5 Å². The van der Waals surface area contributed by atoms with Gasteiger partial charge in [0.05, 0.1) is 41.2 Å². The summed E-state index contributed by atoms with van der Waals surface area (Å²) in [5.41, 5.74) is 0.692. The van der Waals surface area contributed by atoms with E-state index in [-0.39, 0.29) is 52.3 Å². The summed E-state index contributed by atoms with van der Waals surface area (Å²) in [5.74, 6) is -2.11. The number of pyridine rings is 1. The van der Waals surface area contributed by atoms with Gasteiger partial charge in [-0.25, -0.2) is 27.0 Å². The van der Waals surface area contributed by atoms with Crippen LogP contribution in [0.4, 0.5) is 25.0 Å². The van der Waals surface area contributed by atoms with Gasteiger partial charge in [-0.15, -0.1) is 10.2 Å². The first-order chi connectivity index (χ1) is 17.6. The van der Waals surface area contributed by atoms with Crippen molar-refractivity contribution in [3.63, 3.8) is 0 Å². The normalized spacial score (nSPS) is 11.4. The Balaban J connectivity index is 1.89. The van der Waals surface area contributed by atoms with Gasteiger partial charge in [-0.2, -0.15) is 9.61 Å². The fourth-order valence-electron chi connectivity index (χ4n) is 3.17. The number of amides is 1. The second-order valence-electron chi connectivity index (χ2n) is 7.53. The molecule has 2 N–H and O–H groups in total. The van der Waals surface area contributed by atoms with Crippen LogP contribution < -0.4 is 14.8 Å². The second-order valence-corrected chi connectivity index (χ2v) is 9.54. The third kappa shape index (κ3) is 5.72. The van der Waals surface area contributed by atoms with Crippen LogP contribution in [0.1, 0.15) is 19.7 Å². The van der Waals surface area contributed by atoms with Crippen LogP contribution in [0.3, 0.4) is 0 Å². The molecule has 15 heteroatoms. The minimum Gasteiger partial charge on any atom is -0.450 e. The summed E-state index contributed by atoms with van der Waals surface area (Å²) < 4.78 is 66.3. The zero-order valence-corrected chi connectivity index (χ0v) is 20.6. The number of rotatable bonds is 8. The summed E-state index contributed by atoms with van der Waals surface area (Å²) in [6.07, 6.45) is 0.419. The fraction of sp³-hybridized carbons (Fsp3) is 0.227. The Morgan fingerprint density at radius 2 is 1.92 bits per heavy atom. The summed E-state index contributed by atoms with van der Waals surface area (Å²) in [4.78, 5) is 16.3. The van der Waals surface area contributed by atoms with E-state index in [1.54, 1.807) is 13.8 Å². The highest BCUT2D eigenvalue weighted by molar-refractivity contribution is 7.92. The molecule has 1 amide bonds. The van der Waals surface area contributed by atoms with E-state index < -0.39 is 27.8 Å². The fourth-order valence-corrected chi connectivity index (χ4v) is 3.79. The van der Waals surface area contributed by atoms with E-state index in [1.807, 2.05) is 0 Å². The lowest BCUT2D eigenvalue weighted by atomic mass is 10.1. The average molecular weight is 534 g/mol. The molecule has 0 aliphatic heterocycles. The number of hydrogen-bond donors (Lipinski definition) is 2. The Hall–Kier alpha value is -4.40. The molecule has 0 radical (unpaired) electrons. The zero-order chi connectivity index (χ0) is 26.7. The molecule has 0 saturated carbocycles. The van der Waals surface area contributed by atoms with E-state index in [9.17, 15) is 22.0 Å². The summed E-state index contributed by atoms with van der Waals surface area (Å²) in [7, 11) is -3.67. The van der Waals surface area contributed by atoms with E-state index in [4.69, 9.17) is 9.47 Å². The highest BCUT2D eigenvalue weighted by atomic mass is 32.2. The molecule has 0 aliphatic carbocycles. The van der Waals surface area contributed by atoms with E-state index in [0.717, 1.165) is 12.1 Å². The van der Waals surface area contributed by atoms with Gasteiger partial charge in [0.15, 0.2) is 17.4 Å². The molecule has 1 aromatic carbocycles. The predicted octanol–water partition coefficient (Wildman–Crippen LogP) is 3.90. The van der Waals surface area contributed by atoms with Gasteiger partial charge < -0.3 is 9.47 Å². The first-order valence-electron chi connectivity index (χ1n) is 10.9. The van der Waals surface area contributed by atoms with E-state index in [1.165, 1.54) is 29.8 Å². The van der Waals surface area contributed by atoms with Gasteiger partial charge in [-0.05, 0) is 45.0 Å². The van der Waals surface area contributed by atoms with Crippen LogP contribution in [-0.2, 0) is 14.8 Å². The maximum atomic E-state index is 14.3. The van der Waals surface area contributed by atoms with Crippen LogP contribution in [0.5, 0.6) is 11.6 Å². The molecule has 0 fully saturated rings. The SMILES string of the molecule is CCOC(=O)Nc1cc(-c2cc(NS(=O)(=O)CC)cnc2Oc2ccc(F)cc2F)nn2c(C)nnc12. The first-order valence-corrected chi connectivity index (χ1v) is 12.6. The summed E-state index contributed by atoms with van der Waals surface area (Å²) in [6, 6.07) is 5.53. The minimum absolute atomic E-state index is 0.0751. The molecular formula is C22H21F2N7O5S. The quantitative estimate of drug-likeness (QED) is 0.344. The Morgan fingerprint density at radius 3 is 2.62 bits per heavy atom. The number of hydrogen-bond acceptors (Lipinski definition) is 9. The third-order valence-corrected chi connectivity index (χ3v) is 6.23. The van der Waals surface area contributed by atoms with E-state index >= 15 is 0 Å². The molecule has 0 bridgehead atoms. The van der Waals surface area contributed by atoms with E-state index in [0.29, 0.717) is 11.9 Å². The van der Waals surface area contributed by atoms with Gasteiger partial charge >= 0.3 is 6.09 Å². The topological polar surface area (TPSA) is 150 Å². The molecule has 3 heterocycles. The average Bonchev–Trinajstić information content (AvgIpc) is 3.22. The molecule has 4 aromatic rings. The van der Waals surface area contributed by atoms with Crippen molar-refractivity contribution in [3.8, 4) is 22.9 Å². The molecule has 194 valence electrons. The summed E-state index contributed by atoms with van der Waals surface area (Å²) in [5, 5.41) is 15.0. The highest BCUT2D eigenvalue weighted by Crippen LogP contribution is 2.35. The number of carbonyl (C=O) groups excluding carboxylic acids is 1. The van der Waals surface area contributed by atoms with Gasteiger partial charge in [0.25, 0.3) is 0 Å². The maximum Gasteiger partial charge on any atom is 0.411 e. The molecular weight excluding hydrogens is 512 g/mol. The number of fused-ring (bicyclic) bond motifs is 1. The lowest BCUT2D eigenvalue weighted by Gasteiger charge is -2.14. The number of anilines is 2. The second kappa shape index (κ2) is 10.3. The number of ether oxygens (including phenoxy) is 2. The molecule has 3 aromatic heterocycles. The van der Waals surface area contributed by atoms with Crippen molar-refractivity contribution in [1.29, 1.82) is 0 Å². The molecule has 0 atom stereocenters. The third-order valence-electron chi connectivity index (χ3n) is 4.92. The molecule has 0 aliphatic rings. The van der Waals surface area contributed by atoms with Crippen LogP contribution in [-0.4, -0.2) is 51.7 Å². The zero-order valence-electron chi connectivity index (χ0n) is 19.8. The number of halogens is 2. The smallest absolute Gasteiger partial charge is 0.411 e. The summed E-state index contributed by atoms with van der Waals surface area (Å²) in [6.45, 7) is 4.85. The van der Waals surface area contributed by atoms with Gasteiger partial charge in [-0.3, -0.25) is 10.0 Å². The number of aryl methyl sites for hydroxylation is 1. The Bertz CT molecular complexity index is 1590. The van der Waals surface area contributed by atoms with Gasteiger partial charge in [0, 0.05) is 6.07 Å². The molecule has 4 rings (SSSR count). The van der Waals surface area contributed by atoms with Gasteiger partial charge in [0.2, 0.25) is 21.6 Å². The van der Waals surface area contributed by atoms with Crippen molar-refractivity contribution in [3.05, 3.63) is 54.0 Å². The van der Waals surface area contributed by atoms with Crippen molar-refractivity contribution in [1.82, 2.24) is 24.8 Å². The lowest BCUT2D eigenvalue weighted by molar-refractivity contribution is 0.168. The Labute approximate surface area is 209 Å². The van der Waals surface area contributed by atoms with Gasteiger partial charge in [-0.1, -0.05) is 0 Å². The molecule has 0 spiro atoms. The van der Waals surface area contributed by atoms with Crippen molar-refractivity contribution in [2.45, 2.75) is 20.8 Å². The minimum atomic E-state index is -3.67. The van der Waals surface area contributed by atoms with Crippen LogP contribution in [0.25, 0.3) is 16.9 Å². The molecule has 0 unspecified atom stereocenters.